The van der Waals surface area contributed by atoms with Crippen LogP contribution in [0.4, 0.5) is 11.4 Å². The van der Waals surface area contributed by atoms with Gasteiger partial charge in [0, 0.05) is 22.1 Å². The van der Waals surface area contributed by atoms with Crippen molar-refractivity contribution in [1.82, 2.24) is 0 Å². The molecule has 6 rings (SSSR count). The van der Waals surface area contributed by atoms with Crippen molar-refractivity contribution in [3.05, 3.63) is 97.1 Å². The summed E-state index contributed by atoms with van der Waals surface area (Å²) in [5.74, 6) is 0. The molecule has 0 radical (unpaired) electrons. The Bertz CT molecular complexity index is 1610. The third kappa shape index (κ3) is 2.37. The quantitative estimate of drug-likeness (QED) is 0.234. The molecule has 0 bridgehead atoms. The minimum absolute atomic E-state index is 0.788. The van der Waals surface area contributed by atoms with E-state index in [4.69, 9.17) is 11.5 Å². The number of nitrogens with two attached hydrogens (primary N) is 2. The third-order valence-electron chi connectivity index (χ3n) is 6.12. The second kappa shape index (κ2) is 6.23. The SMILES string of the molecule is Nc1cc2c3cccc(-c4ccc5ccccc5c4)c3c(N)cc2c2ccccc12. The summed E-state index contributed by atoms with van der Waals surface area (Å²) in [6, 6.07) is 33.9. The summed E-state index contributed by atoms with van der Waals surface area (Å²) in [5.41, 5.74) is 17.0. The van der Waals surface area contributed by atoms with Gasteiger partial charge >= 0.3 is 0 Å². The standard InChI is InChI=1S/C28H20N2/c29-26-15-25-23-11-5-10-20(19-13-12-17-6-1-2-7-18(17)14-19)28(23)27(30)16-24(25)21-8-3-4-9-22(21)26/h1-16H,29-30H2. The zero-order valence-corrected chi connectivity index (χ0v) is 16.4. The molecule has 0 amide bonds. The van der Waals surface area contributed by atoms with Gasteiger partial charge < -0.3 is 11.5 Å². The number of fused-ring (bicyclic) bond motifs is 6. The van der Waals surface area contributed by atoms with Crippen LogP contribution in [-0.2, 0) is 0 Å². The van der Waals surface area contributed by atoms with Crippen LogP contribution in [0, 0.1) is 0 Å². The first kappa shape index (κ1) is 16.9. The molecule has 2 nitrogen and oxygen atoms in total. The van der Waals surface area contributed by atoms with Gasteiger partial charge in [-0.05, 0) is 61.6 Å². The maximum absolute atomic E-state index is 6.67. The Kier molecular flexibility index (Phi) is 3.50. The highest BCUT2D eigenvalue weighted by Gasteiger charge is 2.13. The maximum Gasteiger partial charge on any atom is 0.0406 e. The molecule has 6 aromatic carbocycles. The minimum Gasteiger partial charge on any atom is -0.398 e. The Labute approximate surface area is 174 Å². The number of rotatable bonds is 1. The number of hydrogen-bond acceptors (Lipinski definition) is 2. The Morgan fingerprint density at radius 3 is 1.97 bits per heavy atom. The van der Waals surface area contributed by atoms with E-state index < -0.39 is 0 Å². The lowest BCUT2D eigenvalue weighted by Crippen LogP contribution is -1.94. The Balaban J connectivity index is 1.73. The van der Waals surface area contributed by atoms with Crippen molar-refractivity contribution in [1.29, 1.82) is 0 Å². The average molecular weight is 384 g/mol. The van der Waals surface area contributed by atoms with E-state index in [9.17, 15) is 0 Å². The van der Waals surface area contributed by atoms with E-state index in [2.05, 4.69) is 84.9 Å². The first-order valence-corrected chi connectivity index (χ1v) is 10.1. The summed E-state index contributed by atoms with van der Waals surface area (Å²) in [4.78, 5) is 0. The molecule has 0 spiro atoms. The van der Waals surface area contributed by atoms with Crippen LogP contribution in [0.2, 0.25) is 0 Å². The molecule has 30 heavy (non-hydrogen) atoms. The van der Waals surface area contributed by atoms with E-state index >= 15 is 0 Å². The van der Waals surface area contributed by atoms with Gasteiger partial charge in [-0.1, -0.05) is 78.9 Å². The van der Waals surface area contributed by atoms with Crippen LogP contribution in [0.25, 0.3) is 54.2 Å². The van der Waals surface area contributed by atoms with Gasteiger partial charge in [0.2, 0.25) is 0 Å². The molecule has 0 aromatic heterocycles. The van der Waals surface area contributed by atoms with Crippen molar-refractivity contribution >= 4 is 54.5 Å². The lowest BCUT2D eigenvalue weighted by atomic mass is 9.90. The van der Waals surface area contributed by atoms with E-state index in [0.717, 1.165) is 49.3 Å². The predicted octanol–water partition coefficient (Wildman–Crippen LogP) is 7.13. The summed E-state index contributed by atoms with van der Waals surface area (Å²) in [6.07, 6.45) is 0. The molecule has 0 atom stereocenters. The molecule has 142 valence electrons. The molecule has 6 aromatic rings. The van der Waals surface area contributed by atoms with Crippen molar-refractivity contribution in [2.24, 2.45) is 0 Å². The van der Waals surface area contributed by atoms with Crippen molar-refractivity contribution in [3.63, 3.8) is 0 Å². The lowest BCUT2D eigenvalue weighted by molar-refractivity contribution is 1.68. The van der Waals surface area contributed by atoms with Crippen LogP contribution >= 0.6 is 0 Å². The first-order chi connectivity index (χ1) is 14.7. The fourth-order valence-electron chi connectivity index (χ4n) is 4.72. The molecular weight excluding hydrogens is 364 g/mol. The molecule has 0 saturated carbocycles. The molecule has 0 aliphatic rings. The van der Waals surface area contributed by atoms with Crippen molar-refractivity contribution in [2.45, 2.75) is 0 Å². The van der Waals surface area contributed by atoms with Crippen LogP contribution in [-0.4, -0.2) is 0 Å². The normalized spacial score (nSPS) is 11.6. The van der Waals surface area contributed by atoms with Gasteiger partial charge in [0.15, 0.2) is 0 Å². The summed E-state index contributed by atoms with van der Waals surface area (Å²) >= 11 is 0. The number of anilines is 2. The summed E-state index contributed by atoms with van der Waals surface area (Å²) in [7, 11) is 0. The zero-order valence-electron chi connectivity index (χ0n) is 16.4. The fraction of sp³-hybridized carbons (Fsp3) is 0. The minimum atomic E-state index is 0.788. The van der Waals surface area contributed by atoms with E-state index in [1.54, 1.807) is 0 Å². The van der Waals surface area contributed by atoms with Gasteiger partial charge in [0.1, 0.15) is 0 Å². The van der Waals surface area contributed by atoms with Crippen molar-refractivity contribution < 1.29 is 0 Å². The molecule has 0 aliphatic heterocycles. The molecule has 0 heterocycles. The summed E-state index contributed by atoms with van der Waals surface area (Å²) in [6.45, 7) is 0. The fourth-order valence-corrected chi connectivity index (χ4v) is 4.72. The molecule has 4 N–H and O–H groups in total. The topological polar surface area (TPSA) is 52.0 Å². The molecule has 0 fully saturated rings. The summed E-state index contributed by atoms with van der Waals surface area (Å²) < 4.78 is 0. The van der Waals surface area contributed by atoms with Gasteiger partial charge in [0.05, 0.1) is 0 Å². The highest BCUT2D eigenvalue weighted by Crippen LogP contribution is 2.41. The third-order valence-corrected chi connectivity index (χ3v) is 6.12. The van der Waals surface area contributed by atoms with E-state index in [1.165, 1.54) is 16.3 Å². The predicted molar refractivity (Wildman–Crippen MR) is 131 cm³/mol. The van der Waals surface area contributed by atoms with Crippen LogP contribution in [0.1, 0.15) is 0 Å². The zero-order chi connectivity index (χ0) is 20.2. The maximum atomic E-state index is 6.67. The summed E-state index contributed by atoms with van der Waals surface area (Å²) in [5, 5.41) is 9.15. The van der Waals surface area contributed by atoms with Crippen molar-refractivity contribution in [2.75, 3.05) is 11.5 Å². The van der Waals surface area contributed by atoms with Gasteiger partial charge in [-0.2, -0.15) is 0 Å². The number of nitrogen functional groups attached to an aromatic ring is 2. The van der Waals surface area contributed by atoms with Gasteiger partial charge in [-0.25, -0.2) is 0 Å². The lowest BCUT2D eigenvalue weighted by Gasteiger charge is -2.15. The van der Waals surface area contributed by atoms with E-state index in [1.807, 2.05) is 12.1 Å². The second-order valence-corrected chi connectivity index (χ2v) is 7.86. The Hall–Kier alpha value is -4.04. The molecule has 0 unspecified atom stereocenters. The number of hydrogen-bond donors (Lipinski definition) is 2. The highest BCUT2D eigenvalue weighted by molar-refractivity contribution is 6.25. The first-order valence-electron chi connectivity index (χ1n) is 10.1. The molecule has 0 aliphatic carbocycles. The highest BCUT2D eigenvalue weighted by atomic mass is 14.6. The van der Waals surface area contributed by atoms with Crippen LogP contribution in [0.15, 0.2) is 97.1 Å². The number of benzene rings is 6. The molecule has 2 heteroatoms. The smallest absolute Gasteiger partial charge is 0.0406 e. The van der Waals surface area contributed by atoms with Gasteiger partial charge in [-0.15, -0.1) is 0 Å². The Morgan fingerprint density at radius 1 is 0.433 bits per heavy atom. The van der Waals surface area contributed by atoms with E-state index in [0.29, 0.717) is 0 Å². The van der Waals surface area contributed by atoms with Crippen LogP contribution in [0.5, 0.6) is 0 Å². The monoisotopic (exact) mass is 384 g/mol. The largest absolute Gasteiger partial charge is 0.398 e. The molecule has 0 saturated heterocycles. The van der Waals surface area contributed by atoms with Crippen LogP contribution < -0.4 is 11.5 Å². The Morgan fingerprint density at radius 2 is 1.10 bits per heavy atom. The van der Waals surface area contributed by atoms with Crippen LogP contribution in [0.3, 0.4) is 0 Å². The average Bonchev–Trinajstić information content (AvgIpc) is 2.79. The van der Waals surface area contributed by atoms with Crippen molar-refractivity contribution in [3.8, 4) is 11.1 Å². The van der Waals surface area contributed by atoms with Gasteiger partial charge in [-0.3, -0.25) is 0 Å². The van der Waals surface area contributed by atoms with E-state index in [-0.39, 0.29) is 0 Å². The molecular formula is C28H20N2. The second-order valence-electron chi connectivity index (χ2n) is 7.86. The van der Waals surface area contributed by atoms with Gasteiger partial charge in [0.25, 0.3) is 0 Å².